The minimum Gasteiger partial charge on any atom is -0.480 e. The van der Waals surface area contributed by atoms with Crippen molar-refractivity contribution in [3.63, 3.8) is 0 Å². The number of aliphatic carboxylic acids is 1. The van der Waals surface area contributed by atoms with Gasteiger partial charge in [-0.1, -0.05) is 13.3 Å². The van der Waals surface area contributed by atoms with Crippen molar-refractivity contribution < 1.29 is 14.7 Å². The average Bonchev–Trinajstić information content (AvgIpc) is 3.11. The molecule has 1 aromatic rings. The van der Waals surface area contributed by atoms with Crippen LogP contribution in [0.1, 0.15) is 54.7 Å². The van der Waals surface area contributed by atoms with E-state index in [2.05, 4.69) is 10.4 Å². The summed E-state index contributed by atoms with van der Waals surface area (Å²) in [7, 11) is 1.81. The third-order valence-electron chi connectivity index (χ3n) is 3.33. The number of aryl methyl sites for hydroxylation is 1. The molecule has 0 radical (unpaired) electrons. The predicted octanol–water partition coefficient (Wildman–Crippen LogP) is 1.28. The fraction of sp³-hybridized carbons (Fsp3) is 0.615. The van der Waals surface area contributed by atoms with Crippen LogP contribution < -0.4 is 5.32 Å². The lowest BCUT2D eigenvalue weighted by Crippen LogP contribution is -2.40. The van der Waals surface area contributed by atoms with Gasteiger partial charge in [-0.05, 0) is 25.3 Å². The molecular formula is C13H19N3O3. The van der Waals surface area contributed by atoms with Crippen LogP contribution in [0.15, 0.2) is 6.07 Å². The molecule has 0 spiro atoms. The Hall–Kier alpha value is -1.85. The first kappa shape index (κ1) is 13.6. The summed E-state index contributed by atoms with van der Waals surface area (Å²) in [6.07, 6.45) is 3.39. The number of hydrogen-bond acceptors (Lipinski definition) is 3. The van der Waals surface area contributed by atoms with E-state index in [1.165, 1.54) is 0 Å². The van der Waals surface area contributed by atoms with Gasteiger partial charge < -0.3 is 10.4 Å². The fourth-order valence-corrected chi connectivity index (χ4v) is 2.13. The second kappa shape index (κ2) is 5.42. The molecule has 0 saturated heterocycles. The summed E-state index contributed by atoms with van der Waals surface area (Å²) in [5, 5.41) is 15.7. The average molecular weight is 265 g/mol. The van der Waals surface area contributed by atoms with Crippen molar-refractivity contribution in [2.75, 3.05) is 0 Å². The number of carboxylic acids is 1. The Bertz CT molecular complexity index is 491. The van der Waals surface area contributed by atoms with E-state index in [1.54, 1.807) is 10.7 Å². The first-order valence-corrected chi connectivity index (χ1v) is 6.60. The lowest BCUT2D eigenvalue weighted by atomic mass is 10.1. The molecule has 1 aromatic heterocycles. The Kier molecular flexibility index (Phi) is 3.87. The molecule has 1 aliphatic rings. The first-order chi connectivity index (χ1) is 9.02. The lowest BCUT2D eigenvalue weighted by molar-refractivity contribution is -0.139. The SMILES string of the molecule is CCCC(NC(=O)c1cc(C2CC2)n(C)n1)C(=O)O. The summed E-state index contributed by atoms with van der Waals surface area (Å²) in [6, 6.07) is 0.918. The van der Waals surface area contributed by atoms with Crippen LogP contribution in [0, 0.1) is 0 Å². The molecule has 2 rings (SSSR count). The second-order valence-electron chi connectivity index (χ2n) is 5.01. The van der Waals surface area contributed by atoms with Crippen molar-refractivity contribution in [3.05, 3.63) is 17.5 Å². The maximum atomic E-state index is 12.0. The van der Waals surface area contributed by atoms with Gasteiger partial charge in [0, 0.05) is 18.7 Å². The second-order valence-corrected chi connectivity index (χ2v) is 5.01. The maximum absolute atomic E-state index is 12.0. The van der Waals surface area contributed by atoms with Crippen LogP contribution in [0.25, 0.3) is 0 Å². The third-order valence-corrected chi connectivity index (χ3v) is 3.33. The van der Waals surface area contributed by atoms with E-state index in [9.17, 15) is 9.59 Å². The molecule has 0 aromatic carbocycles. The van der Waals surface area contributed by atoms with E-state index in [0.29, 0.717) is 24.5 Å². The van der Waals surface area contributed by atoms with Gasteiger partial charge in [0.15, 0.2) is 0 Å². The highest BCUT2D eigenvalue weighted by atomic mass is 16.4. The first-order valence-electron chi connectivity index (χ1n) is 6.60. The number of nitrogens with one attached hydrogen (secondary N) is 1. The van der Waals surface area contributed by atoms with Crippen LogP contribution in [0.5, 0.6) is 0 Å². The summed E-state index contributed by atoms with van der Waals surface area (Å²) in [5.41, 5.74) is 1.35. The van der Waals surface area contributed by atoms with Crippen LogP contribution in [-0.4, -0.2) is 32.8 Å². The van der Waals surface area contributed by atoms with Crippen LogP contribution in [-0.2, 0) is 11.8 Å². The largest absolute Gasteiger partial charge is 0.480 e. The number of carbonyl (C=O) groups is 2. The van der Waals surface area contributed by atoms with E-state index in [0.717, 1.165) is 18.5 Å². The number of rotatable bonds is 6. The smallest absolute Gasteiger partial charge is 0.326 e. The molecule has 1 amide bonds. The van der Waals surface area contributed by atoms with Gasteiger partial charge in [0.25, 0.3) is 5.91 Å². The van der Waals surface area contributed by atoms with Gasteiger partial charge in [0.1, 0.15) is 11.7 Å². The summed E-state index contributed by atoms with van der Waals surface area (Å²) in [5.74, 6) is -0.915. The van der Waals surface area contributed by atoms with Crippen LogP contribution in [0.4, 0.5) is 0 Å². The highest BCUT2D eigenvalue weighted by molar-refractivity contribution is 5.95. The standard InChI is InChI=1S/C13H19N3O3/c1-3-4-9(13(18)19)14-12(17)10-7-11(8-5-6-8)16(2)15-10/h7-9H,3-6H2,1-2H3,(H,14,17)(H,18,19). The lowest BCUT2D eigenvalue weighted by Gasteiger charge is -2.12. The molecule has 1 unspecified atom stereocenters. The predicted molar refractivity (Wildman–Crippen MR) is 69.0 cm³/mol. The molecule has 2 N–H and O–H groups in total. The minimum atomic E-state index is -1.01. The maximum Gasteiger partial charge on any atom is 0.326 e. The number of aromatic nitrogens is 2. The fourth-order valence-electron chi connectivity index (χ4n) is 2.13. The van der Waals surface area contributed by atoms with Crippen LogP contribution in [0.2, 0.25) is 0 Å². The van der Waals surface area contributed by atoms with Gasteiger partial charge in [-0.25, -0.2) is 4.79 Å². The van der Waals surface area contributed by atoms with E-state index < -0.39 is 17.9 Å². The highest BCUT2D eigenvalue weighted by Crippen LogP contribution is 2.39. The van der Waals surface area contributed by atoms with Crippen molar-refractivity contribution in [1.82, 2.24) is 15.1 Å². The zero-order valence-corrected chi connectivity index (χ0v) is 11.2. The number of carboxylic acid groups (broad SMARTS) is 1. The van der Waals surface area contributed by atoms with E-state index in [-0.39, 0.29) is 0 Å². The van der Waals surface area contributed by atoms with E-state index >= 15 is 0 Å². The topological polar surface area (TPSA) is 84.2 Å². The molecule has 6 nitrogen and oxygen atoms in total. The van der Waals surface area contributed by atoms with E-state index in [4.69, 9.17) is 5.11 Å². The highest BCUT2D eigenvalue weighted by Gasteiger charge is 2.29. The molecule has 1 saturated carbocycles. The van der Waals surface area contributed by atoms with Crippen molar-refractivity contribution >= 4 is 11.9 Å². The molecule has 19 heavy (non-hydrogen) atoms. The molecule has 1 atom stereocenters. The number of hydrogen-bond donors (Lipinski definition) is 2. The van der Waals surface area contributed by atoms with Crippen molar-refractivity contribution in [2.45, 2.75) is 44.6 Å². The normalized spacial score (nSPS) is 16.1. The van der Waals surface area contributed by atoms with Crippen molar-refractivity contribution in [2.24, 2.45) is 7.05 Å². The molecule has 1 heterocycles. The summed E-state index contributed by atoms with van der Waals surface area (Å²) in [6.45, 7) is 1.88. The summed E-state index contributed by atoms with van der Waals surface area (Å²) in [4.78, 5) is 23.0. The molecule has 1 aliphatic carbocycles. The Balaban J connectivity index is 2.06. The third kappa shape index (κ3) is 3.13. The quantitative estimate of drug-likeness (QED) is 0.811. The Morgan fingerprint density at radius 1 is 1.58 bits per heavy atom. The summed E-state index contributed by atoms with van der Waals surface area (Å²) >= 11 is 0. The number of amides is 1. The van der Waals surface area contributed by atoms with Crippen LogP contribution >= 0.6 is 0 Å². The zero-order valence-electron chi connectivity index (χ0n) is 11.2. The zero-order chi connectivity index (χ0) is 14.0. The molecule has 104 valence electrons. The van der Waals surface area contributed by atoms with Gasteiger partial charge in [-0.15, -0.1) is 0 Å². The van der Waals surface area contributed by atoms with Gasteiger partial charge in [-0.2, -0.15) is 5.10 Å². The van der Waals surface area contributed by atoms with Crippen molar-refractivity contribution in [3.8, 4) is 0 Å². The van der Waals surface area contributed by atoms with Gasteiger partial charge >= 0.3 is 5.97 Å². The number of nitrogens with zero attached hydrogens (tertiary/aromatic N) is 2. The molecule has 0 aliphatic heterocycles. The minimum absolute atomic E-state index is 0.298. The van der Waals surface area contributed by atoms with Crippen molar-refractivity contribution in [1.29, 1.82) is 0 Å². The monoisotopic (exact) mass is 265 g/mol. The van der Waals surface area contributed by atoms with Crippen LogP contribution in [0.3, 0.4) is 0 Å². The summed E-state index contributed by atoms with van der Waals surface area (Å²) < 4.78 is 1.71. The van der Waals surface area contributed by atoms with Gasteiger partial charge in [0.05, 0.1) is 0 Å². The Morgan fingerprint density at radius 2 is 2.26 bits per heavy atom. The molecule has 1 fully saturated rings. The van der Waals surface area contributed by atoms with Gasteiger partial charge in [0.2, 0.25) is 0 Å². The molecule has 0 bridgehead atoms. The Morgan fingerprint density at radius 3 is 2.79 bits per heavy atom. The molecule has 6 heteroatoms. The Labute approximate surface area is 111 Å². The number of carbonyl (C=O) groups excluding carboxylic acids is 1. The van der Waals surface area contributed by atoms with Gasteiger partial charge in [-0.3, -0.25) is 9.48 Å². The molecular weight excluding hydrogens is 246 g/mol. The van der Waals surface area contributed by atoms with E-state index in [1.807, 2.05) is 14.0 Å².